The molecule has 1 saturated heterocycles. The Bertz CT molecular complexity index is 773. The van der Waals surface area contributed by atoms with Gasteiger partial charge in [-0.2, -0.15) is 0 Å². The molecule has 0 saturated carbocycles. The number of carbonyl (C=O) groups is 2. The highest BCUT2D eigenvalue weighted by atomic mass is 32.2. The van der Waals surface area contributed by atoms with E-state index in [4.69, 9.17) is 0 Å². The third-order valence-electron chi connectivity index (χ3n) is 4.80. The Kier molecular flexibility index (Phi) is 5.87. The molecule has 7 heteroatoms. The van der Waals surface area contributed by atoms with Gasteiger partial charge in [0.05, 0.1) is 17.2 Å². The fraction of sp³-hybridized carbons (Fsp3) is 0.556. The van der Waals surface area contributed by atoms with Gasteiger partial charge in [-0.1, -0.05) is 25.1 Å². The Morgan fingerprint density at radius 2 is 1.96 bits per heavy atom. The van der Waals surface area contributed by atoms with E-state index in [1.165, 1.54) is 16.7 Å². The highest BCUT2D eigenvalue weighted by molar-refractivity contribution is 7.91. The van der Waals surface area contributed by atoms with Crippen molar-refractivity contribution >= 4 is 27.3 Å². The standard InChI is InChI=1S/C18H26N2O4S/c1-5-15-8-6-7-13(2)18(15)20(14(3)21)11-17(22)19(4)16-9-10-25(23,24)12-16/h6-8,16H,5,9-12H2,1-4H3. The molecule has 6 nitrogen and oxygen atoms in total. The molecule has 1 atom stereocenters. The second-order valence-corrected chi connectivity index (χ2v) is 8.83. The molecule has 1 fully saturated rings. The fourth-order valence-corrected chi connectivity index (χ4v) is 5.04. The van der Waals surface area contributed by atoms with Gasteiger partial charge < -0.3 is 9.80 Å². The quantitative estimate of drug-likeness (QED) is 0.792. The summed E-state index contributed by atoms with van der Waals surface area (Å²) in [4.78, 5) is 27.9. The monoisotopic (exact) mass is 366 g/mol. The maximum Gasteiger partial charge on any atom is 0.242 e. The van der Waals surface area contributed by atoms with Gasteiger partial charge in [-0.3, -0.25) is 9.59 Å². The van der Waals surface area contributed by atoms with Crippen molar-refractivity contribution in [2.24, 2.45) is 0 Å². The van der Waals surface area contributed by atoms with Crippen LogP contribution in [0.25, 0.3) is 0 Å². The van der Waals surface area contributed by atoms with Gasteiger partial charge in [0.15, 0.2) is 9.84 Å². The average molecular weight is 366 g/mol. The molecule has 25 heavy (non-hydrogen) atoms. The van der Waals surface area contributed by atoms with Crippen LogP contribution in [0.5, 0.6) is 0 Å². The van der Waals surface area contributed by atoms with Crippen molar-refractivity contribution < 1.29 is 18.0 Å². The summed E-state index contributed by atoms with van der Waals surface area (Å²) in [6, 6.07) is 5.50. The number of nitrogens with zero attached hydrogens (tertiary/aromatic N) is 2. The number of benzene rings is 1. The van der Waals surface area contributed by atoms with E-state index in [0.717, 1.165) is 23.2 Å². The van der Waals surface area contributed by atoms with Crippen molar-refractivity contribution in [3.8, 4) is 0 Å². The lowest BCUT2D eigenvalue weighted by Gasteiger charge is -2.29. The zero-order chi connectivity index (χ0) is 18.8. The maximum absolute atomic E-state index is 12.7. The van der Waals surface area contributed by atoms with E-state index >= 15 is 0 Å². The van der Waals surface area contributed by atoms with Crippen molar-refractivity contribution in [2.75, 3.05) is 30.0 Å². The zero-order valence-electron chi connectivity index (χ0n) is 15.3. The summed E-state index contributed by atoms with van der Waals surface area (Å²) in [5.74, 6) is -0.337. The Hall–Kier alpha value is -1.89. The molecule has 0 radical (unpaired) electrons. The summed E-state index contributed by atoms with van der Waals surface area (Å²) in [5, 5.41) is 0. The van der Waals surface area contributed by atoms with Crippen LogP contribution in [0.2, 0.25) is 0 Å². The minimum atomic E-state index is -3.06. The van der Waals surface area contributed by atoms with Gasteiger partial charge in [-0.25, -0.2) is 8.42 Å². The number of likely N-dealkylation sites (N-methyl/N-ethyl adjacent to an activating group) is 1. The number of hydrogen-bond acceptors (Lipinski definition) is 4. The third-order valence-corrected chi connectivity index (χ3v) is 6.55. The molecule has 0 bridgehead atoms. The van der Waals surface area contributed by atoms with Gasteiger partial charge in [-0.05, 0) is 30.9 Å². The van der Waals surface area contributed by atoms with Gasteiger partial charge in [0.2, 0.25) is 11.8 Å². The van der Waals surface area contributed by atoms with E-state index in [0.29, 0.717) is 6.42 Å². The first-order valence-corrected chi connectivity index (χ1v) is 10.3. The fourth-order valence-electron chi connectivity index (χ4n) is 3.27. The smallest absolute Gasteiger partial charge is 0.242 e. The van der Waals surface area contributed by atoms with E-state index in [1.807, 2.05) is 32.0 Å². The molecule has 1 aromatic carbocycles. The van der Waals surface area contributed by atoms with E-state index in [1.54, 1.807) is 7.05 Å². The van der Waals surface area contributed by atoms with Gasteiger partial charge >= 0.3 is 0 Å². The van der Waals surface area contributed by atoms with Gasteiger partial charge in [0, 0.05) is 20.0 Å². The van der Waals surface area contributed by atoms with Crippen molar-refractivity contribution in [3.05, 3.63) is 29.3 Å². The normalized spacial score (nSPS) is 18.8. The van der Waals surface area contributed by atoms with E-state index in [9.17, 15) is 18.0 Å². The summed E-state index contributed by atoms with van der Waals surface area (Å²) in [6.45, 7) is 5.29. The number of anilines is 1. The number of para-hydroxylation sites is 1. The molecule has 0 spiro atoms. The Morgan fingerprint density at radius 3 is 2.48 bits per heavy atom. The number of rotatable bonds is 5. The molecule has 2 rings (SSSR count). The lowest BCUT2D eigenvalue weighted by atomic mass is 10.0. The molecule has 1 aromatic rings. The van der Waals surface area contributed by atoms with Crippen LogP contribution in [0.1, 0.15) is 31.4 Å². The van der Waals surface area contributed by atoms with Crippen LogP contribution in [0.4, 0.5) is 5.69 Å². The van der Waals surface area contributed by atoms with Crippen LogP contribution < -0.4 is 4.90 Å². The first kappa shape index (κ1) is 19.4. The maximum atomic E-state index is 12.7. The average Bonchev–Trinajstić information content (AvgIpc) is 2.91. The molecule has 1 heterocycles. The summed E-state index contributed by atoms with van der Waals surface area (Å²) >= 11 is 0. The van der Waals surface area contributed by atoms with Crippen LogP contribution in [0.15, 0.2) is 18.2 Å². The van der Waals surface area contributed by atoms with Crippen LogP contribution >= 0.6 is 0 Å². The van der Waals surface area contributed by atoms with Crippen LogP contribution in [-0.4, -0.2) is 56.3 Å². The molecule has 138 valence electrons. The first-order chi connectivity index (χ1) is 11.7. The van der Waals surface area contributed by atoms with Gasteiger partial charge in [0.1, 0.15) is 6.54 Å². The zero-order valence-corrected chi connectivity index (χ0v) is 16.1. The van der Waals surface area contributed by atoms with Crippen LogP contribution in [0.3, 0.4) is 0 Å². The minimum Gasteiger partial charge on any atom is -0.340 e. The number of carbonyl (C=O) groups excluding carboxylic acids is 2. The predicted molar refractivity (Wildman–Crippen MR) is 98.4 cm³/mol. The molecule has 2 amide bonds. The molecular formula is C18H26N2O4S. The van der Waals surface area contributed by atoms with Crippen molar-refractivity contribution in [3.63, 3.8) is 0 Å². The lowest BCUT2D eigenvalue weighted by molar-refractivity contribution is -0.131. The highest BCUT2D eigenvalue weighted by Gasteiger charge is 2.33. The summed E-state index contributed by atoms with van der Waals surface area (Å²) < 4.78 is 23.3. The van der Waals surface area contributed by atoms with E-state index < -0.39 is 9.84 Å². The van der Waals surface area contributed by atoms with Gasteiger partial charge in [-0.15, -0.1) is 0 Å². The minimum absolute atomic E-state index is 0.000113. The van der Waals surface area contributed by atoms with E-state index in [-0.39, 0.29) is 35.9 Å². The summed E-state index contributed by atoms with van der Waals surface area (Å²) in [7, 11) is -1.45. The Balaban J connectivity index is 2.23. The van der Waals surface area contributed by atoms with Gasteiger partial charge in [0.25, 0.3) is 0 Å². The van der Waals surface area contributed by atoms with Crippen molar-refractivity contribution in [1.82, 2.24) is 4.90 Å². The molecule has 0 aliphatic carbocycles. The molecule has 1 unspecified atom stereocenters. The van der Waals surface area contributed by atoms with Crippen LogP contribution in [0, 0.1) is 6.92 Å². The molecular weight excluding hydrogens is 340 g/mol. The Labute approximate surface area is 149 Å². The largest absolute Gasteiger partial charge is 0.340 e. The topological polar surface area (TPSA) is 74.8 Å². The van der Waals surface area contributed by atoms with E-state index in [2.05, 4.69) is 0 Å². The number of amides is 2. The Morgan fingerprint density at radius 1 is 1.28 bits per heavy atom. The number of sulfone groups is 1. The second-order valence-electron chi connectivity index (χ2n) is 6.60. The summed E-state index contributed by atoms with van der Waals surface area (Å²) in [6.07, 6.45) is 1.21. The lowest BCUT2D eigenvalue weighted by Crippen LogP contribution is -2.45. The molecule has 1 aliphatic rings. The number of hydrogen-bond donors (Lipinski definition) is 0. The summed E-state index contributed by atoms with van der Waals surface area (Å²) in [5.41, 5.74) is 2.72. The molecule has 0 N–H and O–H groups in total. The van der Waals surface area contributed by atoms with Crippen molar-refractivity contribution in [1.29, 1.82) is 0 Å². The SMILES string of the molecule is CCc1cccc(C)c1N(CC(=O)N(C)C1CCS(=O)(=O)C1)C(C)=O. The van der Waals surface area contributed by atoms with Crippen molar-refractivity contribution in [2.45, 2.75) is 39.7 Å². The predicted octanol–water partition coefficient (Wildman–Crippen LogP) is 1.56. The highest BCUT2D eigenvalue weighted by Crippen LogP contribution is 2.26. The second kappa shape index (κ2) is 7.56. The van der Waals surface area contributed by atoms with Crippen LogP contribution in [-0.2, 0) is 25.8 Å². The third kappa shape index (κ3) is 4.39. The first-order valence-electron chi connectivity index (χ1n) is 8.49. The molecule has 0 aromatic heterocycles. The number of aryl methyl sites for hydroxylation is 2. The molecule has 1 aliphatic heterocycles.